The second-order valence-corrected chi connectivity index (χ2v) is 9.67. The third-order valence-electron chi connectivity index (χ3n) is 7.06. The third-order valence-corrected chi connectivity index (χ3v) is 7.06. The highest BCUT2D eigenvalue weighted by molar-refractivity contribution is 6.23. The van der Waals surface area contributed by atoms with E-state index in [1.807, 2.05) is 0 Å². The minimum atomic E-state index is -0.967. The van der Waals surface area contributed by atoms with Crippen LogP contribution in [-0.2, 0) is 14.4 Å². The topological polar surface area (TPSA) is 113 Å². The van der Waals surface area contributed by atoms with Gasteiger partial charge < -0.3 is 9.64 Å². The monoisotopic (exact) mass is 453 g/mol. The van der Waals surface area contributed by atoms with Crippen LogP contribution in [0, 0.1) is 5.41 Å². The highest BCUT2D eigenvalue weighted by atomic mass is 16.5. The van der Waals surface area contributed by atoms with Gasteiger partial charge in [-0.15, -0.1) is 0 Å². The quantitative estimate of drug-likeness (QED) is 0.466. The Morgan fingerprint density at radius 1 is 0.970 bits per heavy atom. The van der Waals surface area contributed by atoms with Gasteiger partial charge in [0.25, 0.3) is 11.8 Å². The van der Waals surface area contributed by atoms with Crippen molar-refractivity contribution in [2.45, 2.75) is 51.0 Å². The lowest BCUT2D eigenvalue weighted by Crippen LogP contribution is -2.62. The van der Waals surface area contributed by atoms with Gasteiger partial charge in [-0.25, -0.2) is 0 Å². The summed E-state index contributed by atoms with van der Waals surface area (Å²) in [4.78, 5) is 63.6. The Morgan fingerprint density at radius 2 is 1.73 bits per heavy atom. The Hall–Kier alpha value is -3.07. The van der Waals surface area contributed by atoms with Crippen LogP contribution in [0.1, 0.15) is 65.7 Å². The number of ether oxygens (including phenoxy) is 1. The molecule has 1 atom stereocenters. The van der Waals surface area contributed by atoms with E-state index in [1.165, 1.54) is 0 Å². The number of benzene rings is 1. The van der Waals surface area contributed by atoms with Crippen LogP contribution in [0.25, 0.3) is 0 Å². The van der Waals surface area contributed by atoms with E-state index in [4.69, 9.17) is 4.74 Å². The summed E-state index contributed by atoms with van der Waals surface area (Å²) >= 11 is 0. The van der Waals surface area contributed by atoms with E-state index >= 15 is 0 Å². The summed E-state index contributed by atoms with van der Waals surface area (Å²) < 4.78 is 5.79. The van der Waals surface area contributed by atoms with Crippen LogP contribution in [0.5, 0.6) is 5.75 Å². The molecule has 1 aliphatic carbocycles. The molecule has 1 aromatic carbocycles. The molecule has 1 unspecified atom stereocenters. The average molecular weight is 453 g/mol. The van der Waals surface area contributed by atoms with Crippen LogP contribution < -0.4 is 10.1 Å². The van der Waals surface area contributed by atoms with Gasteiger partial charge in [-0.05, 0) is 50.4 Å². The van der Waals surface area contributed by atoms with Crippen LogP contribution >= 0.6 is 0 Å². The molecule has 1 spiro atoms. The molecular weight excluding hydrogens is 426 g/mol. The lowest BCUT2D eigenvalue weighted by molar-refractivity contribution is -0.145. The van der Waals surface area contributed by atoms with Crippen molar-refractivity contribution in [2.24, 2.45) is 5.41 Å². The van der Waals surface area contributed by atoms with Crippen LogP contribution in [-0.4, -0.2) is 71.5 Å². The van der Waals surface area contributed by atoms with E-state index in [1.54, 1.807) is 18.2 Å². The number of rotatable bonds is 8. The first-order chi connectivity index (χ1) is 15.8. The molecule has 1 N–H and O–H groups in total. The minimum absolute atomic E-state index is 0.0937. The fourth-order valence-corrected chi connectivity index (χ4v) is 5.41. The maximum absolute atomic E-state index is 12.8. The lowest BCUT2D eigenvalue weighted by atomic mass is 9.63. The second kappa shape index (κ2) is 8.37. The number of nitrogens with one attached hydrogen (secondary N) is 1. The van der Waals surface area contributed by atoms with E-state index in [9.17, 15) is 24.0 Å². The zero-order valence-electron chi connectivity index (χ0n) is 18.4. The fraction of sp³-hybridized carbons (Fsp3) is 0.542. The molecule has 1 saturated carbocycles. The molecule has 0 aromatic heterocycles. The molecule has 33 heavy (non-hydrogen) atoms. The summed E-state index contributed by atoms with van der Waals surface area (Å²) in [6, 6.07) is 3.81. The Labute approximate surface area is 191 Å². The molecule has 4 amide bonds. The number of carbonyl (C=O) groups excluding carboxylic acids is 5. The summed E-state index contributed by atoms with van der Waals surface area (Å²) in [6.07, 6.45) is 4.73. The summed E-state index contributed by atoms with van der Waals surface area (Å²) in [5, 5.41) is 2.19. The predicted octanol–water partition coefficient (Wildman–Crippen LogP) is 1.30. The largest absolute Gasteiger partial charge is 0.494 e. The van der Waals surface area contributed by atoms with Crippen molar-refractivity contribution in [3.8, 4) is 5.75 Å². The Morgan fingerprint density at radius 3 is 2.45 bits per heavy atom. The summed E-state index contributed by atoms with van der Waals surface area (Å²) in [7, 11) is 0. The second-order valence-electron chi connectivity index (χ2n) is 9.67. The molecule has 9 heteroatoms. The zero-order chi connectivity index (χ0) is 23.2. The number of carbonyl (C=O) groups is 5. The van der Waals surface area contributed by atoms with Gasteiger partial charge in [0, 0.05) is 37.8 Å². The number of fused-ring (bicyclic) bond motifs is 1. The molecule has 0 bridgehead atoms. The molecule has 0 radical (unpaired) electrons. The van der Waals surface area contributed by atoms with Gasteiger partial charge in [0.05, 0.1) is 17.7 Å². The maximum Gasteiger partial charge on any atom is 0.262 e. The Kier molecular flexibility index (Phi) is 5.52. The average Bonchev–Trinajstić information content (AvgIpc) is 2.97. The van der Waals surface area contributed by atoms with Crippen molar-refractivity contribution >= 4 is 29.4 Å². The molecule has 4 aliphatic rings. The summed E-state index contributed by atoms with van der Waals surface area (Å²) in [5.41, 5.74) is 0.779. The molecule has 3 aliphatic heterocycles. The number of piperidine rings is 1. The highest BCUT2D eigenvalue weighted by Gasteiger charge is 2.51. The van der Waals surface area contributed by atoms with Gasteiger partial charge in [0.2, 0.25) is 11.8 Å². The van der Waals surface area contributed by atoms with Crippen molar-refractivity contribution in [1.82, 2.24) is 15.1 Å². The van der Waals surface area contributed by atoms with E-state index < -0.39 is 29.7 Å². The van der Waals surface area contributed by atoms with Crippen molar-refractivity contribution < 1.29 is 28.7 Å². The fourth-order valence-electron chi connectivity index (χ4n) is 5.41. The zero-order valence-corrected chi connectivity index (χ0v) is 18.4. The van der Waals surface area contributed by atoms with Crippen LogP contribution in [0.2, 0.25) is 0 Å². The SMILES string of the molecule is O=C1CC2(C1)CN(CCCCCOc1ccc3c(c1)C(=O)N(C1CCC(=O)NC1=O)C3=O)C2. The first-order valence-electron chi connectivity index (χ1n) is 11.6. The van der Waals surface area contributed by atoms with Crippen molar-refractivity contribution in [3.05, 3.63) is 29.3 Å². The number of Topliss-reactive ketones (excluding diaryl/α,β-unsaturated/α-hetero) is 1. The minimum Gasteiger partial charge on any atom is -0.494 e. The van der Waals surface area contributed by atoms with Gasteiger partial charge in [-0.1, -0.05) is 0 Å². The first-order valence-corrected chi connectivity index (χ1v) is 11.6. The molecular formula is C24H27N3O6. The van der Waals surface area contributed by atoms with Crippen molar-refractivity contribution in [1.29, 1.82) is 0 Å². The van der Waals surface area contributed by atoms with E-state index in [-0.39, 0.29) is 24.0 Å². The number of imide groups is 2. The Bertz CT molecular complexity index is 1030. The molecule has 3 heterocycles. The van der Waals surface area contributed by atoms with Gasteiger partial charge in [-0.2, -0.15) is 0 Å². The number of amides is 4. The predicted molar refractivity (Wildman–Crippen MR) is 116 cm³/mol. The molecule has 1 aromatic rings. The summed E-state index contributed by atoms with van der Waals surface area (Å²) in [6.45, 7) is 3.65. The number of nitrogens with zero attached hydrogens (tertiary/aromatic N) is 2. The van der Waals surface area contributed by atoms with Crippen LogP contribution in [0.3, 0.4) is 0 Å². The van der Waals surface area contributed by atoms with Crippen molar-refractivity contribution in [2.75, 3.05) is 26.2 Å². The number of hydrogen-bond donors (Lipinski definition) is 1. The number of unbranched alkanes of at least 4 members (excludes halogenated alkanes) is 2. The maximum atomic E-state index is 12.8. The van der Waals surface area contributed by atoms with Gasteiger partial charge >= 0.3 is 0 Å². The number of hydrogen-bond acceptors (Lipinski definition) is 7. The van der Waals surface area contributed by atoms with Crippen LogP contribution in [0.15, 0.2) is 18.2 Å². The van der Waals surface area contributed by atoms with E-state index in [0.717, 1.165) is 56.6 Å². The lowest BCUT2D eigenvalue weighted by Gasteiger charge is -2.55. The third kappa shape index (κ3) is 4.06. The summed E-state index contributed by atoms with van der Waals surface area (Å²) in [5.74, 6) is -1.16. The van der Waals surface area contributed by atoms with Gasteiger partial charge in [0.15, 0.2) is 0 Å². The number of ketones is 1. The molecule has 174 valence electrons. The smallest absolute Gasteiger partial charge is 0.262 e. The highest BCUT2D eigenvalue weighted by Crippen LogP contribution is 2.45. The van der Waals surface area contributed by atoms with E-state index in [0.29, 0.717) is 23.6 Å². The van der Waals surface area contributed by atoms with Crippen LogP contribution in [0.4, 0.5) is 0 Å². The Balaban J connectivity index is 1.07. The molecule has 2 saturated heterocycles. The van der Waals surface area contributed by atoms with Gasteiger partial charge in [-0.3, -0.25) is 34.2 Å². The van der Waals surface area contributed by atoms with Gasteiger partial charge in [0.1, 0.15) is 17.6 Å². The molecule has 9 nitrogen and oxygen atoms in total. The number of likely N-dealkylation sites (tertiary alicyclic amines) is 1. The first kappa shape index (κ1) is 21.8. The normalized spacial score (nSPS) is 23.9. The molecule has 3 fully saturated rings. The molecule has 5 rings (SSSR count). The van der Waals surface area contributed by atoms with E-state index in [2.05, 4.69) is 10.2 Å². The van der Waals surface area contributed by atoms with Crippen molar-refractivity contribution in [3.63, 3.8) is 0 Å². The standard InChI is InChI=1S/C24H27N3O6/c28-15-11-24(12-15)13-26(14-24)8-2-1-3-9-33-16-4-5-17-18(10-16)23(32)27(22(17)31)19-6-7-20(29)25-21(19)30/h4-5,10,19H,1-3,6-9,11-14H2,(H,25,29,30).